The Morgan fingerprint density at radius 2 is 1.83 bits per heavy atom. The second kappa shape index (κ2) is 11.8. The lowest BCUT2D eigenvalue weighted by Crippen LogP contribution is -2.26. The van der Waals surface area contributed by atoms with E-state index in [1.165, 1.54) is 0 Å². The molecule has 0 amide bonds. The van der Waals surface area contributed by atoms with Gasteiger partial charge in [-0.2, -0.15) is 0 Å². The van der Waals surface area contributed by atoms with E-state index in [4.69, 9.17) is 14.6 Å². The van der Waals surface area contributed by atoms with Gasteiger partial charge >= 0.3 is 5.97 Å². The Hall–Kier alpha value is -2.07. The highest BCUT2D eigenvalue weighted by molar-refractivity contribution is 9.11. The van der Waals surface area contributed by atoms with Crippen LogP contribution in [-0.2, 0) is 16.0 Å². The number of halogens is 2. The maximum atomic E-state index is 11.2. The molecule has 2 aromatic rings. The van der Waals surface area contributed by atoms with Crippen molar-refractivity contribution in [3.05, 3.63) is 74.2 Å². The minimum Gasteiger partial charge on any atom is -0.490 e. The molecule has 1 atom stereocenters. The van der Waals surface area contributed by atoms with Crippen molar-refractivity contribution < 1.29 is 19.4 Å². The molecule has 6 heteroatoms. The second-order valence-electron chi connectivity index (χ2n) is 6.24. The highest BCUT2D eigenvalue weighted by Gasteiger charge is 2.17. The summed E-state index contributed by atoms with van der Waals surface area (Å²) in [4.78, 5) is 11.2. The molecule has 0 saturated heterocycles. The van der Waals surface area contributed by atoms with Crippen LogP contribution in [0.4, 0.5) is 0 Å². The first-order chi connectivity index (χ1) is 13.9. The van der Waals surface area contributed by atoms with Gasteiger partial charge in [0.2, 0.25) is 0 Å². The van der Waals surface area contributed by atoms with Crippen LogP contribution in [0.2, 0.25) is 0 Å². The van der Waals surface area contributed by atoms with Crippen LogP contribution in [-0.4, -0.2) is 30.4 Å². The first-order valence-corrected chi connectivity index (χ1v) is 10.7. The average molecular weight is 522 g/mol. The fourth-order valence-corrected chi connectivity index (χ4v) is 3.76. The quantitative estimate of drug-likeness (QED) is 0.458. The minimum atomic E-state index is -0.955. The molecule has 0 saturated carbocycles. The Morgan fingerprint density at radius 1 is 1.17 bits per heavy atom. The first kappa shape index (κ1) is 23.2. The van der Waals surface area contributed by atoms with E-state index >= 15 is 0 Å². The molecule has 0 heterocycles. The van der Waals surface area contributed by atoms with Crippen LogP contribution in [0.3, 0.4) is 0 Å². The molecule has 2 aromatic carbocycles. The number of rotatable bonds is 8. The second-order valence-corrected chi connectivity index (χ2v) is 8.07. The van der Waals surface area contributed by atoms with E-state index in [2.05, 4.69) is 43.7 Å². The predicted octanol–water partition coefficient (Wildman–Crippen LogP) is 5.62. The van der Waals surface area contributed by atoms with Crippen molar-refractivity contribution in [2.45, 2.75) is 26.4 Å². The summed E-state index contributed by atoms with van der Waals surface area (Å²) in [6, 6.07) is 13.2. The maximum Gasteiger partial charge on any atom is 0.333 e. The number of carbonyl (C=O) groups is 1. The molecule has 0 radical (unpaired) electrons. The van der Waals surface area contributed by atoms with Crippen LogP contribution >= 0.6 is 31.9 Å². The van der Waals surface area contributed by atoms with Gasteiger partial charge in [0.1, 0.15) is 12.4 Å². The van der Waals surface area contributed by atoms with Crippen molar-refractivity contribution >= 4 is 37.8 Å². The number of carboxylic acid groups (broad SMARTS) is 1. The Morgan fingerprint density at radius 3 is 2.41 bits per heavy atom. The third-order valence-corrected chi connectivity index (χ3v) is 4.81. The van der Waals surface area contributed by atoms with Gasteiger partial charge in [0, 0.05) is 27.5 Å². The fraction of sp³-hybridized carbons (Fsp3) is 0.261. The number of aliphatic carboxylic acids is 1. The molecule has 0 aromatic heterocycles. The number of hydrogen-bond acceptors (Lipinski definition) is 3. The number of carboxylic acids is 1. The summed E-state index contributed by atoms with van der Waals surface area (Å²) in [6.45, 7) is 4.49. The maximum absolute atomic E-state index is 11.2. The molecule has 0 bridgehead atoms. The lowest BCUT2D eigenvalue weighted by Gasteiger charge is -2.12. The molecule has 1 unspecified atom stereocenters. The van der Waals surface area contributed by atoms with Crippen LogP contribution in [0.5, 0.6) is 5.75 Å². The summed E-state index contributed by atoms with van der Waals surface area (Å²) < 4.78 is 12.9. The van der Waals surface area contributed by atoms with Crippen molar-refractivity contribution in [1.82, 2.24) is 0 Å². The van der Waals surface area contributed by atoms with Crippen molar-refractivity contribution in [2.75, 3.05) is 13.2 Å². The van der Waals surface area contributed by atoms with Gasteiger partial charge < -0.3 is 14.6 Å². The lowest BCUT2D eigenvalue weighted by atomic mass is 10.1. The van der Waals surface area contributed by atoms with Gasteiger partial charge in [0.05, 0.1) is 0 Å². The summed E-state index contributed by atoms with van der Waals surface area (Å²) in [5.41, 5.74) is 2.72. The largest absolute Gasteiger partial charge is 0.490 e. The Kier molecular flexibility index (Phi) is 9.46. The summed E-state index contributed by atoms with van der Waals surface area (Å²) in [5, 5.41) is 9.16. The number of hydrogen-bond donors (Lipinski definition) is 1. The number of benzene rings is 2. The van der Waals surface area contributed by atoms with E-state index in [1.807, 2.05) is 55.5 Å². The Labute approximate surface area is 188 Å². The van der Waals surface area contributed by atoms with Crippen LogP contribution in [0.15, 0.2) is 63.1 Å². The molecule has 1 N–H and O–H groups in total. The van der Waals surface area contributed by atoms with Crippen molar-refractivity contribution in [1.29, 1.82) is 0 Å². The molecule has 0 spiro atoms. The van der Waals surface area contributed by atoms with Gasteiger partial charge in [0.25, 0.3) is 0 Å². The molecule has 4 nitrogen and oxygen atoms in total. The van der Waals surface area contributed by atoms with Crippen LogP contribution in [0.25, 0.3) is 0 Å². The summed E-state index contributed by atoms with van der Waals surface area (Å²) in [7, 11) is 0. The van der Waals surface area contributed by atoms with Gasteiger partial charge in [-0.3, -0.25) is 0 Å². The summed E-state index contributed by atoms with van der Waals surface area (Å²) >= 11 is 6.90. The van der Waals surface area contributed by atoms with Crippen molar-refractivity contribution in [2.24, 2.45) is 0 Å². The fourth-order valence-electron chi connectivity index (χ4n) is 2.47. The van der Waals surface area contributed by atoms with Crippen molar-refractivity contribution in [3.63, 3.8) is 0 Å². The first-order valence-electron chi connectivity index (χ1n) is 9.08. The molecule has 2 rings (SSSR count). The van der Waals surface area contributed by atoms with E-state index in [1.54, 1.807) is 6.92 Å². The summed E-state index contributed by atoms with van der Waals surface area (Å²) in [6.07, 6.45) is 1.41. The zero-order valence-electron chi connectivity index (χ0n) is 16.2. The standard InChI is InChI=1S/C23H22Br2O4/c1-3-28-22(23(26)27)14-17-6-8-21(9-7-17)29-11-10-16(2)4-5-18-12-19(24)15-20(25)13-18/h6-10,12-13,15,22H,3,11,14H2,1-2H3,(H,26,27)/b16-10-. The SMILES string of the molecule is CCOC(Cc1ccc(OC/C=C(/C)C#Cc2cc(Br)cc(Br)c2)cc1)C(=O)O. The predicted molar refractivity (Wildman–Crippen MR) is 121 cm³/mol. The van der Waals surface area contributed by atoms with E-state index in [-0.39, 0.29) is 0 Å². The van der Waals surface area contributed by atoms with E-state index in [0.717, 1.165) is 25.6 Å². The highest BCUT2D eigenvalue weighted by Crippen LogP contribution is 2.19. The molecular weight excluding hydrogens is 500 g/mol. The third-order valence-electron chi connectivity index (χ3n) is 3.89. The highest BCUT2D eigenvalue weighted by atomic mass is 79.9. The number of ether oxygens (including phenoxy) is 2. The van der Waals surface area contributed by atoms with Gasteiger partial charge in [-0.15, -0.1) is 0 Å². The molecule has 0 fully saturated rings. The molecule has 0 aliphatic carbocycles. The van der Waals surface area contributed by atoms with Gasteiger partial charge in [-0.1, -0.05) is 55.8 Å². The van der Waals surface area contributed by atoms with Gasteiger partial charge in [0.15, 0.2) is 6.10 Å². The third kappa shape index (κ3) is 8.45. The zero-order chi connectivity index (χ0) is 21.2. The Bertz CT molecular complexity index is 904. The molecular formula is C23H22Br2O4. The molecule has 0 aliphatic heterocycles. The minimum absolute atomic E-state index is 0.323. The number of allylic oxidation sites excluding steroid dienone is 1. The Balaban J connectivity index is 1.89. The monoisotopic (exact) mass is 520 g/mol. The van der Waals surface area contributed by atoms with Crippen LogP contribution in [0.1, 0.15) is 25.0 Å². The average Bonchev–Trinajstić information content (AvgIpc) is 2.66. The normalized spacial score (nSPS) is 12.1. The van der Waals surface area contributed by atoms with Gasteiger partial charge in [-0.05, 0) is 61.4 Å². The zero-order valence-corrected chi connectivity index (χ0v) is 19.4. The smallest absolute Gasteiger partial charge is 0.333 e. The van der Waals surface area contributed by atoms with Crippen molar-refractivity contribution in [3.8, 4) is 17.6 Å². The topological polar surface area (TPSA) is 55.8 Å². The molecule has 29 heavy (non-hydrogen) atoms. The molecule has 0 aliphatic rings. The summed E-state index contributed by atoms with van der Waals surface area (Å²) in [5.74, 6) is 6.00. The van der Waals surface area contributed by atoms with E-state index < -0.39 is 12.1 Å². The lowest BCUT2D eigenvalue weighted by molar-refractivity contribution is -0.149. The van der Waals surface area contributed by atoms with Crippen LogP contribution in [0, 0.1) is 11.8 Å². The molecule has 152 valence electrons. The van der Waals surface area contributed by atoms with E-state index in [0.29, 0.717) is 25.4 Å². The van der Waals surface area contributed by atoms with Crippen LogP contribution < -0.4 is 4.74 Å². The van der Waals surface area contributed by atoms with E-state index in [9.17, 15) is 4.79 Å². The van der Waals surface area contributed by atoms with Gasteiger partial charge in [-0.25, -0.2) is 4.79 Å².